The Morgan fingerprint density at radius 1 is 1.39 bits per heavy atom. The first-order valence-electron chi connectivity index (χ1n) is 7.17. The van der Waals surface area contributed by atoms with Gasteiger partial charge >= 0.3 is 5.97 Å². The number of thioether (sulfide) groups is 1. The third-order valence-corrected chi connectivity index (χ3v) is 4.69. The van der Waals surface area contributed by atoms with E-state index in [9.17, 15) is 14.7 Å². The third-order valence-electron chi connectivity index (χ3n) is 3.36. The predicted molar refractivity (Wildman–Crippen MR) is 96.9 cm³/mol. The van der Waals surface area contributed by atoms with Gasteiger partial charge in [0.05, 0.1) is 4.91 Å². The summed E-state index contributed by atoms with van der Waals surface area (Å²) < 4.78 is 0.294. The lowest BCUT2D eigenvalue weighted by atomic mass is 10.1. The number of allylic oxidation sites excluding steroid dienone is 2. The van der Waals surface area contributed by atoms with E-state index in [1.54, 1.807) is 13.0 Å². The zero-order chi connectivity index (χ0) is 17.0. The standard InChI is InChI=1S/C17H17NO3S2/c1-3-13(16(20)21)18-15(19)14(23-17(18)22)10-11(2)9-12-7-5-4-6-8-12/h4-10,13H,3H2,1-2H3,(H,20,21)/b11-9-,14-10-/t13-/m1/s1. The van der Waals surface area contributed by atoms with E-state index in [1.165, 1.54) is 4.90 Å². The van der Waals surface area contributed by atoms with Gasteiger partial charge in [0, 0.05) is 0 Å². The average Bonchev–Trinajstić information content (AvgIpc) is 2.76. The molecule has 1 N–H and O–H groups in total. The first kappa shape index (κ1) is 17.4. The van der Waals surface area contributed by atoms with Gasteiger partial charge < -0.3 is 5.11 Å². The summed E-state index contributed by atoms with van der Waals surface area (Å²) >= 11 is 6.33. The summed E-state index contributed by atoms with van der Waals surface area (Å²) in [7, 11) is 0. The van der Waals surface area contributed by atoms with E-state index in [-0.39, 0.29) is 5.91 Å². The number of hydrogen-bond acceptors (Lipinski definition) is 4. The Balaban J connectivity index is 2.25. The van der Waals surface area contributed by atoms with Crippen LogP contribution in [0, 0.1) is 0 Å². The zero-order valence-corrected chi connectivity index (χ0v) is 14.5. The molecule has 1 atom stereocenters. The molecule has 120 valence electrons. The molecule has 1 aliphatic heterocycles. The Morgan fingerprint density at radius 3 is 2.61 bits per heavy atom. The first-order chi connectivity index (χ1) is 10.9. The predicted octanol–water partition coefficient (Wildman–Crippen LogP) is 3.70. The molecule has 1 saturated heterocycles. The van der Waals surface area contributed by atoms with Crippen molar-refractivity contribution in [2.75, 3.05) is 0 Å². The van der Waals surface area contributed by atoms with Crippen molar-refractivity contribution in [2.45, 2.75) is 26.3 Å². The molecule has 2 rings (SSSR count). The Labute approximate surface area is 144 Å². The smallest absolute Gasteiger partial charge is 0.326 e. The van der Waals surface area contributed by atoms with E-state index in [2.05, 4.69) is 0 Å². The molecule has 1 aromatic rings. The number of carboxylic acid groups (broad SMARTS) is 1. The fourth-order valence-electron chi connectivity index (χ4n) is 2.28. The summed E-state index contributed by atoms with van der Waals surface area (Å²) in [6.07, 6.45) is 4.02. The lowest BCUT2D eigenvalue weighted by Gasteiger charge is -2.21. The molecule has 6 heteroatoms. The lowest BCUT2D eigenvalue weighted by Crippen LogP contribution is -2.43. The number of nitrogens with zero attached hydrogens (tertiary/aromatic N) is 1. The summed E-state index contributed by atoms with van der Waals surface area (Å²) in [5.41, 5.74) is 1.94. The van der Waals surface area contributed by atoms with Crippen LogP contribution in [0.4, 0.5) is 0 Å². The summed E-state index contributed by atoms with van der Waals surface area (Å²) in [5, 5.41) is 9.24. The number of aliphatic carboxylic acids is 1. The Morgan fingerprint density at radius 2 is 2.04 bits per heavy atom. The highest BCUT2D eigenvalue weighted by Gasteiger charge is 2.39. The molecule has 0 aliphatic carbocycles. The van der Waals surface area contributed by atoms with Gasteiger partial charge in [0.25, 0.3) is 5.91 Å². The molecule has 1 fully saturated rings. The number of rotatable bonds is 5. The molecule has 0 bridgehead atoms. The molecule has 0 saturated carbocycles. The number of carbonyl (C=O) groups is 2. The minimum absolute atomic E-state index is 0.294. The van der Waals surface area contributed by atoms with Crippen LogP contribution >= 0.6 is 24.0 Å². The fraction of sp³-hybridized carbons (Fsp3) is 0.235. The molecule has 0 unspecified atom stereocenters. The van der Waals surface area contributed by atoms with E-state index in [1.807, 2.05) is 43.3 Å². The molecule has 1 aromatic carbocycles. The van der Waals surface area contributed by atoms with Gasteiger partial charge in [0.15, 0.2) is 0 Å². The number of carboxylic acids is 1. The number of carbonyl (C=O) groups excluding carboxylic acids is 1. The quantitative estimate of drug-likeness (QED) is 0.650. The van der Waals surface area contributed by atoms with Crippen molar-refractivity contribution in [1.29, 1.82) is 0 Å². The van der Waals surface area contributed by atoms with Crippen molar-refractivity contribution in [1.82, 2.24) is 4.90 Å². The molecule has 4 nitrogen and oxygen atoms in total. The van der Waals surface area contributed by atoms with Gasteiger partial charge in [-0.1, -0.05) is 67.3 Å². The fourth-order valence-corrected chi connectivity index (χ4v) is 3.68. The lowest BCUT2D eigenvalue weighted by molar-refractivity contribution is -0.145. The Hall–Kier alpha value is -1.92. The van der Waals surface area contributed by atoms with E-state index in [0.29, 0.717) is 15.6 Å². The van der Waals surface area contributed by atoms with Gasteiger partial charge in [-0.2, -0.15) is 0 Å². The maximum atomic E-state index is 12.5. The van der Waals surface area contributed by atoms with Crippen molar-refractivity contribution in [3.8, 4) is 0 Å². The molecule has 0 aromatic heterocycles. The minimum atomic E-state index is -1.04. The number of amides is 1. The van der Waals surface area contributed by atoms with Gasteiger partial charge in [-0.3, -0.25) is 9.69 Å². The number of benzene rings is 1. The van der Waals surface area contributed by atoms with Crippen molar-refractivity contribution >= 4 is 46.3 Å². The summed E-state index contributed by atoms with van der Waals surface area (Å²) in [5.74, 6) is -1.38. The Kier molecular flexibility index (Phi) is 5.74. The SMILES string of the molecule is CC[C@H](C(=O)O)N1C(=O)/C(=C/C(C)=C\c2ccccc2)SC1=S. The van der Waals surface area contributed by atoms with Crippen LogP contribution in [-0.4, -0.2) is 32.2 Å². The van der Waals surface area contributed by atoms with Crippen LogP contribution in [0.15, 0.2) is 46.9 Å². The molecule has 1 aliphatic rings. The molecule has 0 radical (unpaired) electrons. The van der Waals surface area contributed by atoms with Crippen LogP contribution in [0.2, 0.25) is 0 Å². The van der Waals surface area contributed by atoms with Crippen LogP contribution in [-0.2, 0) is 9.59 Å². The second-order valence-electron chi connectivity index (χ2n) is 5.11. The summed E-state index contributed by atoms with van der Waals surface area (Å²) in [6.45, 7) is 3.62. The maximum Gasteiger partial charge on any atom is 0.326 e. The topological polar surface area (TPSA) is 57.6 Å². The van der Waals surface area contributed by atoms with Crippen LogP contribution < -0.4 is 0 Å². The van der Waals surface area contributed by atoms with E-state index in [4.69, 9.17) is 12.2 Å². The number of thiocarbonyl (C=S) groups is 1. The summed E-state index contributed by atoms with van der Waals surface area (Å²) in [4.78, 5) is 25.4. The molecular weight excluding hydrogens is 330 g/mol. The zero-order valence-electron chi connectivity index (χ0n) is 12.9. The normalized spacial score (nSPS) is 18.6. The van der Waals surface area contributed by atoms with E-state index in [0.717, 1.165) is 22.9 Å². The molecule has 0 spiro atoms. The summed E-state index contributed by atoms with van der Waals surface area (Å²) in [6, 6.07) is 8.86. The molecule has 1 heterocycles. The van der Waals surface area contributed by atoms with Crippen molar-refractivity contribution in [2.24, 2.45) is 0 Å². The molecule has 23 heavy (non-hydrogen) atoms. The van der Waals surface area contributed by atoms with E-state index < -0.39 is 12.0 Å². The van der Waals surface area contributed by atoms with Crippen LogP contribution in [0.25, 0.3) is 6.08 Å². The number of hydrogen-bond donors (Lipinski definition) is 1. The molecule has 1 amide bonds. The first-order valence-corrected chi connectivity index (χ1v) is 8.39. The molecular formula is C17H17NO3S2. The second kappa shape index (κ2) is 7.57. The van der Waals surface area contributed by atoms with Crippen LogP contribution in [0.3, 0.4) is 0 Å². The van der Waals surface area contributed by atoms with Gasteiger partial charge in [0.2, 0.25) is 0 Å². The Bertz CT molecular complexity index is 695. The van der Waals surface area contributed by atoms with Crippen LogP contribution in [0.1, 0.15) is 25.8 Å². The average molecular weight is 347 g/mol. The van der Waals surface area contributed by atoms with Gasteiger partial charge in [-0.15, -0.1) is 0 Å². The van der Waals surface area contributed by atoms with Crippen molar-refractivity contribution < 1.29 is 14.7 Å². The monoisotopic (exact) mass is 347 g/mol. The highest BCUT2D eigenvalue weighted by Crippen LogP contribution is 2.34. The van der Waals surface area contributed by atoms with Crippen LogP contribution in [0.5, 0.6) is 0 Å². The second-order valence-corrected chi connectivity index (χ2v) is 6.79. The highest BCUT2D eigenvalue weighted by molar-refractivity contribution is 8.26. The minimum Gasteiger partial charge on any atom is -0.480 e. The third kappa shape index (κ3) is 4.09. The van der Waals surface area contributed by atoms with E-state index >= 15 is 0 Å². The van der Waals surface area contributed by atoms with Crippen molar-refractivity contribution in [3.05, 3.63) is 52.4 Å². The van der Waals surface area contributed by atoms with Crippen molar-refractivity contribution in [3.63, 3.8) is 0 Å². The van der Waals surface area contributed by atoms with Gasteiger partial charge in [-0.25, -0.2) is 4.79 Å². The van der Waals surface area contributed by atoms with Gasteiger partial charge in [0.1, 0.15) is 10.4 Å². The maximum absolute atomic E-state index is 12.5. The largest absolute Gasteiger partial charge is 0.480 e. The highest BCUT2D eigenvalue weighted by atomic mass is 32.2. The van der Waals surface area contributed by atoms with Gasteiger partial charge in [-0.05, 0) is 30.6 Å².